The zero-order valence-electron chi connectivity index (χ0n) is 12.9. The number of benzene rings is 1. The van der Waals surface area contributed by atoms with Crippen LogP contribution in [0.3, 0.4) is 0 Å². The normalized spacial score (nSPS) is 31.1. The van der Waals surface area contributed by atoms with Crippen molar-refractivity contribution in [1.29, 1.82) is 5.26 Å². The lowest BCUT2D eigenvalue weighted by atomic mass is 10.0. The van der Waals surface area contributed by atoms with E-state index >= 15 is 0 Å². The van der Waals surface area contributed by atoms with Crippen LogP contribution in [0.5, 0.6) is 0 Å². The van der Waals surface area contributed by atoms with E-state index in [0.717, 1.165) is 32.6 Å². The van der Waals surface area contributed by atoms with Gasteiger partial charge in [0, 0.05) is 38.3 Å². The number of rotatable bonds is 3. The van der Waals surface area contributed by atoms with Crippen molar-refractivity contribution in [3.05, 3.63) is 35.9 Å². The molecule has 0 amide bonds. The van der Waals surface area contributed by atoms with E-state index in [-0.39, 0.29) is 5.92 Å². The summed E-state index contributed by atoms with van der Waals surface area (Å²) in [4.78, 5) is 5.15. The predicted octanol–water partition coefficient (Wildman–Crippen LogP) is 2.88. The molecule has 0 aromatic heterocycles. The summed E-state index contributed by atoms with van der Waals surface area (Å²) in [7, 11) is 0. The molecule has 1 aromatic carbocycles. The predicted molar refractivity (Wildman–Crippen MR) is 84.6 cm³/mol. The van der Waals surface area contributed by atoms with Crippen LogP contribution in [-0.4, -0.2) is 41.5 Å². The van der Waals surface area contributed by atoms with Crippen LogP contribution in [0.15, 0.2) is 30.3 Å². The smallest absolute Gasteiger partial charge is 0.0672 e. The molecule has 0 spiro atoms. The number of hydrogen-bond donors (Lipinski definition) is 0. The van der Waals surface area contributed by atoms with E-state index in [0.29, 0.717) is 12.1 Å². The van der Waals surface area contributed by atoms with Crippen LogP contribution in [0.1, 0.15) is 31.7 Å². The molecule has 0 radical (unpaired) electrons. The van der Waals surface area contributed by atoms with Crippen molar-refractivity contribution in [3.8, 4) is 6.07 Å². The number of piperazine rings is 1. The largest absolute Gasteiger partial charge is 0.296 e. The number of nitriles is 1. The van der Waals surface area contributed by atoms with Gasteiger partial charge in [-0.05, 0) is 25.3 Å². The molecule has 0 bridgehead atoms. The van der Waals surface area contributed by atoms with Crippen LogP contribution in [0.25, 0.3) is 0 Å². The molecule has 1 aliphatic heterocycles. The Morgan fingerprint density at radius 2 is 2.00 bits per heavy atom. The van der Waals surface area contributed by atoms with Crippen molar-refractivity contribution < 1.29 is 0 Å². The van der Waals surface area contributed by atoms with E-state index in [1.165, 1.54) is 18.4 Å². The summed E-state index contributed by atoms with van der Waals surface area (Å²) in [5, 5.41) is 9.29. The van der Waals surface area contributed by atoms with E-state index < -0.39 is 0 Å². The Morgan fingerprint density at radius 3 is 2.71 bits per heavy atom. The SMILES string of the molecule is CC1CN(C2CCCC2C#N)CCN1Cc1ccccc1. The van der Waals surface area contributed by atoms with Gasteiger partial charge in [0.25, 0.3) is 0 Å². The Hall–Kier alpha value is -1.37. The molecule has 3 rings (SSSR count). The highest BCUT2D eigenvalue weighted by molar-refractivity contribution is 5.14. The molecule has 3 atom stereocenters. The quantitative estimate of drug-likeness (QED) is 0.854. The Labute approximate surface area is 128 Å². The summed E-state index contributed by atoms with van der Waals surface area (Å²) in [6.45, 7) is 6.70. The fraction of sp³-hybridized carbons (Fsp3) is 0.611. The fourth-order valence-corrected chi connectivity index (χ4v) is 3.91. The third-order valence-corrected chi connectivity index (χ3v) is 5.14. The third kappa shape index (κ3) is 3.28. The van der Waals surface area contributed by atoms with Gasteiger partial charge in [-0.2, -0.15) is 5.26 Å². The summed E-state index contributed by atoms with van der Waals surface area (Å²) in [6.07, 6.45) is 3.53. The van der Waals surface area contributed by atoms with Gasteiger partial charge in [-0.1, -0.05) is 36.8 Å². The molecule has 1 saturated heterocycles. The molecule has 1 saturated carbocycles. The minimum absolute atomic E-state index is 0.262. The van der Waals surface area contributed by atoms with E-state index in [9.17, 15) is 5.26 Å². The molecule has 2 aliphatic rings. The van der Waals surface area contributed by atoms with Gasteiger partial charge in [-0.15, -0.1) is 0 Å². The van der Waals surface area contributed by atoms with Gasteiger partial charge < -0.3 is 0 Å². The topological polar surface area (TPSA) is 30.3 Å². The molecule has 1 heterocycles. The lowest BCUT2D eigenvalue weighted by Gasteiger charge is -2.43. The van der Waals surface area contributed by atoms with Crippen molar-refractivity contribution in [2.45, 2.75) is 44.8 Å². The monoisotopic (exact) mass is 283 g/mol. The summed E-state index contributed by atoms with van der Waals surface area (Å²) in [5.74, 6) is 0.262. The van der Waals surface area contributed by atoms with Gasteiger partial charge in [0.05, 0.1) is 12.0 Å². The Morgan fingerprint density at radius 1 is 1.19 bits per heavy atom. The highest BCUT2D eigenvalue weighted by Crippen LogP contribution is 2.31. The molecular weight excluding hydrogens is 258 g/mol. The first kappa shape index (κ1) is 14.6. The maximum Gasteiger partial charge on any atom is 0.0672 e. The van der Waals surface area contributed by atoms with E-state index in [1.54, 1.807) is 0 Å². The molecule has 1 aromatic rings. The van der Waals surface area contributed by atoms with Crippen LogP contribution < -0.4 is 0 Å². The summed E-state index contributed by atoms with van der Waals surface area (Å²) >= 11 is 0. The van der Waals surface area contributed by atoms with Gasteiger partial charge in [0.2, 0.25) is 0 Å². The van der Waals surface area contributed by atoms with E-state index in [2.05, 4.69) is 53.1 Å². The molecule has 0 N–H and O–H groups in total. The lowest BCUT2D eigenvalue weighted by Crippen LogP contribution is -2.55. The Bertz CT molecular complexity index is 493. The fourth-order valence-electron chi connectivity index (χ4n) is 3.91. The highest BCUT2D eigenvalue weighted by Gasteiger charge is 2.35. The first-order valence-corrected chi connectivity index (χ1v) is 8.19. The van der Waals surface area contributed by atoms with E-state index in [1.807, 2.05) is 0 Å². The van der Waals surface area contributed by atoms with Crippen molar-refractivity contribution in [3.63, 3.8) is 0 Å². The maximum atomic E-state index is 9.29. The first-order valence-electron chi connectivity index (χ1n) is 8.19. The zero-order chi connectivity index (χ0) is 14.7. The molecule has 21 heavy (non-hydrogen) atoms. The van der Waals surface area contributed by atoms with Gasteiger partial charge in [0.1, 0.15) is 0 Å². The minimum Gasteiger partial charge on any atom is -0.296 e. The third-order valence-electron chi connectivity index (χ3n) is 5.14. The second kappa shape index (κ2) is 6.60. The van der Waals surface area contributed by atoms with Crippen LogP contribution >= 0.6 is 0 Å². The van der Waals surface area contributed by atoms with Crippen LogP contribution in [0.4, 0.5) is 0 Å². The Balaban J connectivity index is 1.58. The second-order valence-corrected chi connectivity index (χ2v) is 6.53. The van der Waals surface area contributed by atoms with Crippen LogP contribution in [0, 0.1) is 17.2 Å². The summed E-state index contributed by atoms with van der Waals surface area (Å²) in [5.41, 5.74) is 1.40. The summed E-state index contributed by atoms with van der Waals surface area (Å²) < 4.78 is 0. The molecule has 1 aliphatic carbocycles. The molecule has 112 valence electrons. The van der Waals surface area contributed by atoms with Crippen LogP contribution in [0.2, 0.25) is 0 Å². The average molecular weight is 283 g/mol. The van der Waals surface area contributed by atoms with Crippen molar-refractivity contribution in [1.82, 2.24) is 9.80 Å². The molecule has 3 nitrogen and oxygen atoms in total. The molecule has 2 fully saturated rings. The van der Waals surface area contributed by atoms with Gasteiger partial charge in [-0.25, -0.2) is 0 Å². The number of hydrogen-bond acceptors (Lipinski definition) is 3. The first-order chi connectivity index (χ1) is 10.3. The number of nitrogens with zero attached hydrogens (tertiary/aromatic N) is 3. The second-order valence-electron chi connectivity index (χ2n) is 6.53. The van der Waals surface area contributed by atoms with Crippen molar-refractivity contribution in [2.75, 3.05) is 19.6 Å². The highest BCUT2D eigenvalue weighted by atomic mass is 15.3. The molecule has 3 unspecified atom stereocenters. The standard InChI is InChI=1S/C18H25N3/c1-15-13-21(18-9-5-8-17(18)12-19)11-10-20(15)14-16-6-3-2-4-7-16/h2-4,6-7,15,17-18H,5,8-11,13-14H2,1H3. The van der Waals surface area contributed by atoms with Crippen LogP contribution in [-0.2, 0) is 6.54 Å². The lowest BCUT2D eigenvalue weighted by molar-refractivity contribution is 0.0451. The average Bonchev–Trinajstić information content (AvgIpc) is 2.99. The van der Waals surface area contributed by atoms with Crippen molar-refractivity contribution in [2.24, 2.45) is 5.92 Å². The summed E-state index contributed by atoms with van der Waals surface area (Å²) in [6, 6.07) is 14.3. The van der Waals surface area contributed by atoms with E-state index in [4.69, 9.17) is 0 Å². The van der Waals surface area contributed by atoms with Crippen molar-refractivity contribution >= 4 is 0 Å². The zero-order valence-corrected chi connectivity index (χ0v) is 12.9. The molecule has 3 heteroatoms. The van der Waals surface area contributed by atoms with Gasteiger partial charge in [-0.3, -0.25) is 9.80 Å². The minimum atomic E-state index is 0.262. The van der Waals surface area contributed by atoms with Gasteiger partial charge >= 0.3 is 0 Å². The molecular formula is C18H25N3. The van der Waals surface area contributed by atoms with Gasteiger partial charge in [0.15, 0.2) is 0 Å². The maximum absolute atomic E-state index is 9.29. The Kier molecular flexibility index (Phi) is 4.57.